The van der Waals surface area contributed by atoms with Gasteiger partial charge in [0, 0.05) is 13.1 Å². The lowest BCUT2D eigenvalue weighted by molar-refractivity contribution is 0.183. The van der Waals surface area contributed by atoms with Gasteiger partial charge in [0.05, 0.1) is 6.54 Å². The Labute approximate surface area is 128 Å². The third kappa shape index (κ3) is 7.20. The van der Waals surface area contributed by atoms with Crippen LogP contribution in [0.3, 0.4) is 0 Å². The summed E-state index contributed by atoms with van der Waals surface area (Å²) >= 11 is 0. The lowest BCUT2D eigenvalue weighted by atomic mass is 9.98. The van der Waals surface area contributed by atoms with Crippen LogP contribution in [0.15, 0.2) is 17.1 Å². The highest BCUT2D eigenvalue weighted by Gasteiger charge is 2.18. The first-order valence-electron chi connectivity index (χ1n) is 6.52. The predicted molar refractivity (Wildman–Crippen MR) is 89.6 cm³/mol. The van der Waals surface area contributed by atoms with Gasteiger partial charge in [-0.05, 0) is 38.8 Å². The fourth-order valence-corrected chi connectivity index (χ4v) is 2.13. The Bertz CT molecular complexity index is 278. The normalized spacial score (nSPS) is 21.2. The maximum atomic E-state index is 5.79. The Morgan fingerprint density at radius 3 is 2.89 bits per heavy atom. The maximum absolute atomic E-state index is 5.79. The van der Waals surface area contributed by atoms with Crippen molar-refractivity contribution in [3.63, 3.8) is 0 Å². The van der Waals surface area contributed by atoms with E-state index in [1.54, 1.807) is 0 Å². The lowest BCUT2D eigenvalue weighted by Gasteiger charge is -2.31. The predicted octanol–water partition coefficient (Wildman–Crippen LogP) is 1.82. The fourth-order valence-electron chi connectivity index (χ4n) is 2.13. The van der Waals surface area contributed by atoms with Gasteiger partial charge in [-0.3, -0.25) is 0 Å². The first kappa shape index (κ1) is 17.7. The summed E-state index contributed by atoms with van der Waals surface area (Å²) in [5.74, 6) is 1.24. The number of nitrogens with two attached hydrogens (primary N) is 1. The van der Waals surface area contributed by atoms with Crippen LogP contribution < -0.4 is 11.1 Å². The molecule has 0 aromatic rings. The third-order valence-corrected chi connectivity index (χ3v) is 3.14. The first-order valence-corrected chi connectivity index (χ1v) is 6.52. The molecule has 4 nitrogen and oxygen atoms in total. The summed E-state index contributed by atoms with van der Waals surface area (Å²) in [5.41, 5.74) is 6.82. The van der Waals surface area contributed by atoms with Crippen molar-refractivity contribution in [3.05, 3.63) is 12.2 Å². The number of hydrogen-bond acceptors (Lipinski definition) is 2. The van der Waals surface area contributed by atoms with Gasteiger partial charge in [0.2, 0.25) is 0 Å². The van der Waals surface area contributed by atoms with Crippen LogP contribution in [0.5, 0.6) is 0 Å². The summed E-state index contributed by atoms with van der Waals surface area (Å²) < 4.78 is 0. The van der Waals surface area contributed by atoms with Gasteiger partial charge >= 0.3 is 0 Å². The van der Waals surface area contributed by atoms with Crippen LogP contribution in [0.1, 0.15) is 26.7 Å². The number of rotatable bonds is 5. The summed E-state index contributed by atoms with van der Waals surface area (Å²) in [6, 6.07) is 0. The van der Waals surface area contributed by atoms with Crippen LogP contribution in [-0.2, 0) is 0 Å². The van der Waals surface area contributed by atoms with Crippen LogP contribution >= 0.6 is 24.0 Å². The summed E-state index contributed by atoms with van der Waals surface area (Å²) in [4.78, 5) is 6.71. The van der Waals surface area contributed by atoms with Crippen molar-refractivity contribution >= 4 is 29.9 Å². The minimum Gasteiger partial charge on any atom is -0.370 e. The lowest BCUT2D eigenvalue weighted by Crippen LogP contribution is -2.42. The van der Waals surface area contributed by atoms with Gasteiger partial charge in [-0.1, -0.05) is 19.1 Å². The summed E-state index contributed by atoms with van der Waals surface area (Å²) in [7, 11) is 0. The fraction of sp³-hybridized carbons (Fsp3) is 0.769. The van der Waals surface area contributed by atoms with Crippen molar-refractivity contribution in [2.45, 2.75) is 26.7 Å². The highest BCUT2D eigenvalue weighted by Crippen LogP contribution is 2.14. The topological polar surface area (TPSA) is 53.6 Å². The zero-order chi connectivity index (χ0) is 12.7. The van der Waals surface area contributed by atoms with E-state index in [2.05, 4.69) is 28.7 Å². The van der Waals surface area contributed by atoms with Crippen molar-refractivity contribution in [2.75, 3.05) is 32.7 Å². The van der Waals surface area contributed by atoms with E-state index in [1.807, 2.05) is 6.92 Å². The van der Waals surface area contributed by atoms with E-state index >= 15 is 0 Å². The molecule has 1 aliphatic rings. The molecule has 0 radical (unpaired) electrons. The smallest absolute Gasteiger partial charge is 0.188 e. The molecule has 1 fully saturated rings. The standard InChI is InChI=1S/C13H26N4.HI/c1-4-17-7-5-6-12(10-17)9-16-13(14)15-8-11(2)3;/h12H,2,4-10H2,1,3H3,(H3,14,15,16);1H. The highest BCUT2D eigenvalue weighted by molar-refractivity contribution is 14.0. The second kappa shape index (κ2) is 9.61. The molecule has 0 aromatic carbocycles. The number of nitrogens with zero attached hydrogens (tertiary/aromatic N) is 2. The Morgan fingerprint density at radius 1 is 1.56 bits per heavy atom. The third-order valence-electron chi connectivity index (χ3n) is 3.14. The number of aliphatic imine (C=N–C) groups is 1. The molecule has 0 saturated carbocycles. The molecule has 1 aliphatic heterocycles. The molecule has 5 heteroatoms. The summed E-state index contributed by atoms with van der Waals surface area (Å²) in [6.07, 6.45) is 2.58. The van der Waals surface area contributed by atoms with E-state index in [0.717, 1.165) is 18.7 Å². The number of nitrogens with one attached hydrogen (secondary N) is 1. The van der Waals surface area contributed by atoms with E-state index < -0.39 is 0 Å². The molecule has 1 saturated heterocycles. The van der Waals surface area contributed by atoms with Gasteiger partial charge < -0.3 is 16.0 Å². The van der Waals surface area contributed by atoms with E-state index in [-0.39, 0.29) is 24.0 Å². The monoisotopic (exact) mass is 366 g/mol. The van der Waals surface area contributed by atoms with Crippen LogP contribution in [0, 0.1) is 5.92 Å². The SMILES string of the molecule is C=C(C)CN=C(N)NCC1CCCN(CC)C1.I. The molecular formula is C13H27IN4. The minimum absolute atomic E-state index is 0. The average molecular weight is 366 g/mol. The van der Waals surface area contributed by atoms with Gasteiger partial charge in [0.1, 0.15) is 0 Å². The van der Waals surface area contributed by atoms with Gasteiger partial charge in [0.25, 0.3) is 0 Å². The average Bonchev–Trinajstić information content (AvgIpc) is 2.34. The van der Waals surface area contributed by atoms with Crippen molar-refractivity contribution in [1.82, 2.24) is 10.2 Å². The molecule has 18 heavy (non-hydrogen) atoms. The molecule has 1 heterocycles. The van der Waals surface area contributed by atoms with Gasteiger partial charge in [-0.15, -0.1) is 24.0 Å². The van der Waals surface area contributed by atoms with E-state index in [0.29, 0.717) is 18.4 Å². The minimum atomic E-state index is 0. The Kier molecular flexibility index (Phi) is 9.45. The molecule has 0 amide bonds. The molecule has 0 aliphatic carbocycles. The van der Waals surface area contributed by atoms with E-state index in [9.17, 15) is 0 Å². The molecule has 1 atom stereocenters. The van der Waals surface area contributed by atoms with Crippen LogP contribution in [0.2, 0.25) is 0 Å². The number of halogens is 1. The quantitative estimate of drug-likeness (QED) is 0.338. The zero-order valence-electron chi connectivity index (χ0n) is 11.6. The van der Waals surface area contributed by atoms with Crippen LogP contribution in [-0.4, -0.2) is 43.6 Å². The Balaban J connectivity index is 0.00000289. The molecule has 0 spiro atoms. The molecule has 3 N–H and O–H groups in total. The maximum Gasteiger partial charge on any atom is 0.188 e. The van der Waals surface area contributed by atoms with Crippen molar-refractivity contribution in [1.29, 1.82) is 0 Å². The summed E-state index contributed by atoms with van der Waals surface area (Å²) in [6.45, 7) is 13.1. The molecular weight excluding hydrogens is 339 g/mol. The Morgan fingerprint density at radius 2 is 2.28 bits per heavy atom. The highest BCUT2D eigenvalue weighted by atomic mass is 127. The van der Waals surface area contributed by atoms with Crippen molar-refractivity contribution < 1.29 is 0 Å². The number of guanidine groups is 1. The van der Waals surface area contributed by atoms with E-state index in [1.165, 1.54) is 25.9 Å². The molecule has 0 aromatic heterocycles. The zero-order valence-corrected chi connectivity index (χ0v) is 13.9. The summed E-state index contributed by atoms with van der Waals surface area (Å²) in [5, 5.41) is 3.21. The van der Waals surface area contributed by atoms with Gasteiger partial charge in [-0.2, -0.15) is 0 Å². The van der Waals surface area contributed by atoms with Crippen molar-refractivity contribution in [3.8, 4) is 0 Å². The molecule has 1 rings (SSSR count). The Hall–Kier alpha value is -0.300. The number of likely N-dealkylation sites (tertiary alicyclic amines) is 1. The first-order chi connectivity index (χ1) is 8.11. The van der Waals surface area contributed by atoms with Crippen molar-refractivity contribution in [2.24, 2.45) is 16.6 Å². The second-order valence-corrected chi connectivity index (χ2v) is 4.94. The van der Waals surface area contributed by atoms with Crippen LogP contribution in [0.4, 0.5) is 0 Å². The van der Waals surface area contributed by atoms with Crippen LogP contribution in [0.25, 0.3) is 0 Å². The van der Waals surface area contributed by atoms with E-state index in [4.69, 9.17) is 5.73 Å². The molecule has 1 unspecified atom stereocenters. The van der Waals surface area contributed by atoms with Gasteiger partial charge in [-0.25, -0.2) is 4.99 Å². The number of piperidine rings is 1. The molecule has 106 valence electrons. The largest absolute Gasteiger partial charge is 0.370 e. The van der Waals surface area contributed by atoms with Gasteiger partial charge in [0.15, 0.2) is 5.96 Å². The number of hydrogen-bond donors (Lipinski definition) is 2. The second-order valence-electron chi connectivity index (χ2n) is 4.94. The molecule has 0 bridgehead atoms.